The fraction of sp³-hybridized carbons (Fsp3) is 0.500. The molecule has 7 heteroatoms. The van der Waals surface area contributed by atoms with Crippen LogP contribution in [-0.2, 0) is 4.74 Å². The molecular weight excluding hydrogens is 287 g/mol. The van der Waals surface area contributed by atoms with Crippen LogP contribution < -0.4 is 10.1 Å². The number of hydrogen-bond acceptors (Lipinski definition) is 4. The molecule has 0 aromatic heterocycles. The number of nitrogens with one attached hydrogen (secondary N) is 1. The van der Waals surface area contributed by atoms with Gasteiger partial charge in [-0.3, -0.25) is 0 Å². The molecule has 0 atom stereocenters. The Morgan fingerprint density at radius 2 is 1.95 bits per heavy atom. The largest absolute Gasteiger partial charge is 0.573 e. The summed E-state index contributed by atoms with van der Waals surface area (Å²) in [6.07, 6.45) is -3.10. The molecular formula is C14H16F3NO3. The highest BCUT2D eigenvalue weighted by molar-refractivity contribution is 5.92. The van der Waals surface area contributed by atoms with Gasteiger partial charge in [-0.05, 0) is 49.5 Å². The Labute approximate surface area is 120 Å². The molecule has 1 aliphatic heterocycles. The van der Waals surface area contributed by atoms with Gasteiger partial charge in [-0.15, -0.1) is 13.2 Å². The first-order valence-electron chi connectivity index (χ1n) is 6.59. The molecule has 0 unspecified atom stereocenters. The van der Waals surface area contributed by atoms with E-state index in [2.05, 4.69) is 14.8 Å². The Balaban J connectivity index is 2.32. The summed E-state index contributed by atoms with van der Waals surface area (Å²) < 4.78 is 45.5. The molecule has 0 amide bonds. The van der Waals surface area contributed by atoms with E-state index in [1.807, 2.05) is 0 Å². The SMILES string of the molecule is COC(=O)c1cc(C2CCNCC2)ccc1OC(F)(F)F. The van der Waals surface area contributed by atoms with Crippen LogP contribution in [0.3, 0.4) is 0 Å². The minimum atomic E-state index is -4.85. The molecule has 1 heterocycles. The molecule has 116 valence electrons. The van der Waals surface area contributed by atoms with Crippen molar-refractivity contribution < 1.29 is 27.4 Å². The standard InChI is InChI=1S/C14H16F3NO3/c1-20-13(19)11-8-10(9-4-6-18-7-5-9)2-3-12(11)21-14(15,16)17/h2-3,8-9,18H,4-7H2,1H3. The predicted molar refractivity (Wildman–Crippen MR) is 69.3 cm³/mol. The first-order chi connectivity index (χ1) is 9.90. The van der Waals surface area contributed by atoms with Crippen LogP contribution in [0.15, 0.2) is 18.2 Å². The third-order valence-electron chi connectivity index (χ3n) is 3.45. The Bertz CT molecular complexity index is 511. The van der Waals surface area contributed by atoms with Crippen LogP contribution in [0.2, 0.25) is 0 Å². The van der Waals surface area contributed by atoms with E-state index in [1.54, 1.807) is 6.07 Å². The summed E-state index contributed by atoms with van der Waals surface area (Å²) in [6, 6.07) is 4.18. The quantitative estimate of drug-likeness (QED) is 0.872. The maximum Gasteiger partial charge on any atom is 0.573 e. The first-order valence-corrected chi connectivity index (χ1v) is 6.59. The summed E-state index contributed by atoms with van der Waals surface area (Å²) in [7, 11) is 1.12. The summed E-state index contributed by atoms with van der Waals surface area (Å²) in [5.41, 5.74) is 0.622. The average molecular weight is 303 g/mol. The summed E-state index contributed by atoms with van der Waals surface area (Å²) in [6.45, 7) is 1.69. The second-order valence-corrected chi connectivity index (χ2v) is 4.82. The molecule has 1 fully saturated rings. The zero-order chi connectivity index (χ0) is 15.5. The summed E-state index contributed by atoms with van der Waals surface area (Å²) in [5, 5.41) is 3.21. The van der Waals surface area contributed by atoms with Gasteiger partial charge in [0.05, 0.1) is 7.11 Å². The van der Waals surface area contributed by atoms with Gasteiger partial charge in [-0.1, -0.05) is 6.07 Å². The molecule has 4 nitrogen and oxygen atoms in total. The third-order valence-corrected chi connectivity index (χ3v) is 3.45. The van der Waals surface area contributed by atoms with E-state index < -0.39 is 18.1 Å². The highest BCUT2D eigenvalue weighted by Crippen LogP contribution is 2.32. The van der Waals surface area contributed by atoms with Crippen molar-refractivity contribution in [2.45, 2.75) is 25.1 Å². The lowest BCUT2D eigenvalue weighted by molar-refractivity contribution is -0.274. The van der Waals surface area contributed by atoms with Gasteiger partial charge in [-0.25, -0.2) is 4.79 Å². The smallest absolute Gasteiger partial charge is 0.465 e. The predicted octanol–water partition coefficient (Wildman–Crippen LogP) is 2.84. The molecule has 2 rings (SSSR count). The van der Waals surface area contributed by atoms with Crippen molar-refractivity contribution in [3.8, 4) is 5.75 Å². The average Bonchev–Trinajstić information content (AvgIpc) is 2.46. The monoisotopic (exact) mass is 303 g/mol. The minimum Gasteiger partial charge on any atom is -0.465 e. The van der Waals surface area contributed by atoms with Gasteiger partial charge >= 0.3 is 12.3 Å². The number of halogens is 3. The highest BCUT2D eigenvalue weighted by atomic mass is 19.4. The van der Waals surface area contributed by atoms with E-state index in [4.69, 9.17) is 0 Å². The number of esters is 1. The molecule has 1 saturated heterocycles. The number of rotatable bonds is 3. The van der Waals surface area contributed by atoms with Crippen LogP contribution in [0.1, 0.15) is 34.7 Å². The van der Waals surface area contributed by atoms with Crippen molar-refractivity contribution in [3.05, 3.63) is 29.3 Å². The van der Waals surface area contributed by atoms with Gasteiger partial charge in [-0.2, -0.15) is 0 Å². The van der Waals surface area contributed by atoms with Crippen molar-refractivity contribution in [3.63, 3.8) is 0 Å². The van der Waals surface area contributed by atoms with Gasteiger partial charge in [0.15, 0.2) is 0 Å². The van der Waals surface area contributed by atoms with Crippen LogP contribution in [0.25, 0.3) is 0 Å². The maximum atomic E-state index is 12.4. The molecule has 1 aromatic carbocycles. The van der Waals surface area contributed by atoms with Crippen LogP contribution in [0, 0.1) is 0 Å². The van der Waals surface area contributed by atoms with Crippen LogP contribution in [-0.4, -0.2) is 32.5 Å². The van der Waals surface area contributed by atoms with E-state index in [-0.39, 0.29) is 11.5 Å². The zero-order valence-corrected chi connectivity index (χ0v) is 11.5. The number of hydrogen-bond donors (Lipinski definition) is 1. The van der Waals surface area contributed by atoms with Crippen molar-refractivity contribution in [2.24, 2.45) is 0 Å². The summed E-state index contributed by atoms with van der Waals surface area (Å²) in [4.78, 5) is 11.7. The number of benzene rings is 1. The fourth-order valence-electron chi connectivity index (χ4n) is 2.44. The van der Waals surface area contributed by atoms with E-state index in [0.29, 0.717) is 0 Å². The lowest BCUT2D eigenvalue weighted by Gasteiger charge is -2.24. The molecule has 0 spiro atoms. The number of carbonyl (C=O) groups excluding carboxylic acids is 1. The second kappa shape index (κ2) is 6.34. The number of alkyl halides is 3. The topological polar surface area (TPSA) is 47.6 Å². The highest BCUT2D eigenvalue weighted by Gasteiger charge is 2.33. The molecule has 0 aliphatic carbocycles. The lowest BCUT2D eigenvalue weighted by Crippen LogP contribution is -2.26. The van der Waals surface area contributed by atoms with Crippen molar-refractivity contribution in [1.82, 2.24) is 5.32 Å². The molecule has 1 N–H and O–H groups in total. The van der Waals surface area contributed by atoms with E-state index in [1.165, 1.54) is 12.1 Å². The lowest BCUT2D eigenvalue weighted by atomic mass is 9.89. The van der Waals surface area contributed by atoms with Gasteiger partial charge in [0.25, 0.3) is 0 Å². The van der Waals surface area contributed by atoms with Crippen LogP contribution in [0.4, 0.5) is 13.2 Å². The van der Waals surface area contributed by atoms with Crippen LogP contribution in [0.5, 0.6) is 5.75 Å². The number of ether oxygens (including phenoxy) is 2. The zero-order valence-electron chi connectivity index (χ0n) is 11.5. The fourth-order valence-corrected chi connectivity index (χ4v) is 2.44. The molecule has 0 radical (unpaired) electrons. The molecule has 0 bridgehead atoms. The Kier molecular flexibility index (Phi) is 4.72. The van der Waals surface area contributed by atoms with E-state index in [9.17, 15) is 18.0 Å². The third kappa shape index (κ3) is 4.10. The van der Waals surface area contributed by atoms with Gasteiger partial charge in [0.2, 0.25) is 0 Å². The van der Waals surface area contributed by atoms with Crippen LogP contribution >= 0.6 is 0 Å². The summed E-state index contributed by atoms with van der Waals surface area (Å²) in [5.74, 6) is -1.16. The van der Waals surface area contributed by atoms with E-state index in [0.717, 1.165) is 38.6 Å². The summed E-state index contributed by atoms with van der Waals surface area (Å²) >= 11 is 0. The number of carbonyl (C=O) groups is 1. The Hall–Kier alpha value is -1.76. The van der Waals surface area contributed by atoms with Crippen molar-refractivity contribution >= 4 is 5.97 Å². The van der Waals surface area contributed by atoms with Crippen molar-refractivity contribution in [1.29, 1.82) is 0 Å². The number of methoxy groups -OCH3 is 1. The second-order valence-electron chi connectivity index (χ2n) is 4.82. The minimum absolute atomic E-state index is 0.203. The van der Waals surface area contributed by atoms with E-state index >= 15 is 0 Å². The van der Waals surface area contributed by atoms with Gasteiger partial charge in [0, 0.05) is 0 Å². The molecule has 0 saturated carbocycles. The number of piperidine rings is 1. The maximum absolute atomic E-state index is 12.4. The Morgan fingerprint density at radius 1 is 1.29 bits per heavy atom. The molecule has 21 heavy (non-hydrogen) atoms. The Morgan fingerprint density at radius 3 is 2.52 bits per heavy atom. The molecule has 1 aromatic rings. The molecule has 1 aliphatic rings. The van der Waals surface area contributed by atoms with Gasteiger partial charge < -0.3 is 14.8 Å². The van der Waals surface area contributed by atoms with Crippen molar-refractivity contribution in [2.75, 3.05) is 20.2 Å². The normalized spacial score (nSPS) is 16.6. The van der Waals surface area contributed by atoms with Gasteiger partial charge in [0.1, 0.15) is 11.3 Å². The first kappa shape index (κ1) is 15.6.